The van der Waals surface area contributed by atoms with Crippen LogP contribution in [-0.2, 0) is 18.3 Å². The van der Waals surface area contributed by atoms with E-state index in [0.717, 1.165) is 47.4 Å². The maximum absolute atomic E-state index is 5.96. The predicted molar refractivity (Wildman–Crippen MR) is 116 cm³/mol. The smallest absolute Gasteiger partial charge is 0.194 e. The van der Waals surface area contributed by atoms with E-state index in [9.17, 15) is 0 Å². The standard InChI is InChI=1S/C21H26N6OS/c1-3-22-21(27-9-10-28-19(14-27)17-11-24-26(2)13-17)23-12-18-15-29-20(25-18)16-7-5-4-6-8-16/h4-8,11,13,15,19H,3,9-10,12,14H2,1-2H3,(H,22,23). The van der Waals surface area contributed by atoms with Crippen LogP contribution >= 0.6 is 11.3 Å². The molecule has 0 radical (unpaired) electrons. The number of benzene rings is 1. The Hall–Kier alpha value is -2.71. The number of morpholine rings is 1. The van der Waals surface area contributed by atoms with Crippen LogP contribution in [0, 0.1) is 0 Å². The minimum absolute atomic E-state index is 0.00487. The van der Waals surface area contributed by atoms with E-state index in [1.54, 1.807) is 11.3 Å². The molecular formula is C21H26N6OS. The van der Waals surface area contributed by atoms with Gasteiger partial charge in [0.15, 0.2) is 5.96 Å². The summed E-state index contributed by atoms with van der Waals surface area (Å²) in [5.41, 5.74) is 3.23. The third-order valence-corrected chi connectivity index (χ3v) is 5.70. The van der Waals surface area contributed by atoms with E-state index in [1.165, 1.54) is 0 Å². The van der Waals surface area contributed by atoms with Gasteiger partial charge in [-0.25, -0.2) is 9.98 Å². The minimum Gasteiger partial charge on any atom is -0.370 e. The number of guanidine groups is 1. The zero-order valence-electron chi connectivity index (χ0n) is 16.8. The molecule has 1 N–H and O–H groups in total. The molecule has 0 saturated carbocycles. The Labute approximate surface area is 175 Å². The SMILES string of the molecule is CCNC(=NCc1csc(-c2ccccc2)n1)N1CCOC(c2cnn(C)c2)C1. The normalized spacial score (nSPS) is 17.5. The fourth-order valence-corrected chi connectivity index (χ4v) is 4.14. The van der Waals surface area contributed by atoms with Gasteiger partial charge < -0.3 is 15.0 Å². The molecule has 7 nitrogen and oxygen atoms in total. The number of rotatable bonds is 5. The van der Waals surface area contributed by atoms with Gasteiger partial charge in [0.05, 0.1) is 31.6 Å². The molecule has 152 valence electrons. The van der Waals surface area contributed by atoms with Gasteiger partial charge in [0, 0.05) is 42.8 Å². The first-order valence-corrected chi connectivity index (χ1v) is 10.7. The van der Waals surface area contributed by atoms with E-state index >= 15 is 0 Å². The summed E-state index contributed by atoms with van der Waals surface area (Å²) >= 11 is 1.66. The van der Waals surface area contributed by atoms with Crippen LogP contribution in [-0.4, -0.2) is 51.9 Å². The van der Waals surface area contributed by atoms with E-state index < -0.39 is 0 Å². The van der Waals surface area contributed by atoms with Crippen LogP contribution in [0.4, 0.5) is 0 Å². The molecule has 1 aliphatic rings. The van der Waals surface area contributed by atoms with Crippen molar-refractivity contribution in [3.63, 3.8) is 0 Å². The Balaban J connectivity index is 1.45. The molecule has 0 amide bonds. The number of hydrogen-bond acceptors (Lipinski definition) is 5. The van der Waals surface area contributed by atoms with Gasteiger partial charge >= 0.3 is 0 Å². The average molecular weight is 411 g/mol. The van der Waals surface area contributed by atoms with Crippen molar-refractivity contribution in [3.05, 3.63) is 59.4 Å². The number of aryl methyl sites for hydroxylation is 1. The van der Waals surface area contributed by atoms with Crippen molar-refractivity contribution in [1.82, 2.24) is 25.0 Å². The Morgan fingerprint density at radius 2 is 2.21 bits per heavy atom. The summed E-state index contributed by atoms with van der Waals surface area (Å²) < 4.78 is 7.77. The number of nitrogens with zero attached hydrogens (tertiary/aromatic N) is 5. The lowest BCUT2D eigenvalue weighted by molar-refractivity contribution is -0.00805. The lowest BCUT2D eigenvalue weighted by Crippen LogP contribution is -2.48. The summed E-state index contributed by atoms with van der Waals surface area (Å²) in [6.07, 6.45) is 3.89. The van der Waals surface area contributed by atoms with Crippen molar-refractivity contribution >= 4 is 17.3 Å². The van der Waals surface area contributed by atoms with Crippen molar-refractivity contribution in [1.29, 1.82) is 0 Å². The predicted octanol–water partition coefficient (Wildman–Crippen LogP) is 3.08. The summed E-state index contributed by atoms with van der Waals surface area (Å²) in [5.74, 6) is 0.902. The number of ether oxygens (including phenoxy) is 1. The van der Waals surface area contributed by atoms with Crippen LogP contribution in [0.25, 0.3) is 10.6 Å². The highest BCUT2D eigenvalue weighted by Gasteiger charge is 2.25. The van der Waals surface area contributed by atoms with Crippen molar-refractivity contribution in [2.45, 2.75) is 19.6 Å². The van der Waals surface area contributed by atoms with Gasteiger partial charge in [0.25, 0.3) is 0 Å². The molecule has 0 spiro atoms. The quantitative estimate of drug-likeness (QED) is 0.517. The third-order valence-electron chi connectivity index (χ3n) is 4.76. The highest BCUT2D eigenvalue weighted by atomic mass is 32.1. The van der Waals surface area contributed by atoms with E-state index in [-0.39, 0.29) is 6.10 Å². The molecule has 3 aromatic rings. The van der Waals surface area contributed by atoms with Crippen molar-refractivity contribution in [3.8, 4) is 10.6 Å². The molecular weight excluding hydrogens is 384 g/mol. The van der Waals surface area contributed by atoms with Crippen molar-refractivity contribution < 1.29 is 4.74 Å². The third kappa shape index (κ3) is 4.83. The fourth-order valence-electron chi connectivity index (χ4n) is 3.32. The number of aliphatic imine (C=N–C) groups is 1. The molecule has 1 unspecified atom stereocenters. The first-order valence-electron chi connectivity index (χ1n) is 9.86. The highest BCUT2D eigenvalue weighted by Crippen LogP contribution is 2.24. The second-order valence-corrected chi connectivity index (χ2v) is 7.79. The summed E-state index contributed by atoms with van der Waals surface area (Å²) in [6, 6.07) is 10.3. The Morgan fingerprint density at radius 3 is 2.97 bits per heavy atom. The molecule has 0 aliphatic carbocycles. The van der Waals surface area contributed by atoms with E-state index in [1.807, 2.05) is 42.3 Å². The van der Waals surface area contributed by atoms with Crippen LogP contribution in [0.3, 0.4) is 0 Å². The lowest BCUT2D eigenvalue weighted by atomic mass is 10.1. The van der Waals surface area contributed by atoms with Crippen molar-refractivity contribution in [2.75, 3.05) is 26.2 Å². The van der Waals surface area contributed by atoms with Gasteiger partial charge in [-0.15, -0.1) is 11.3 Å². The molecule has 3 heterocycles. The molecule has 1 saturated heterocycles. The van der Waals surface area contributed by atoms with Crippen molar-refractivity contribution in [2.24, 2.45) is 12.0 Å². The number of hydrogen-bond donors (Lipinski definition) is 1. The molecule has 8 heteroatoms. The highest BCUT2D eigenvalue weighted by molar-refractivity contribution is 7.13. The largest absolute Gasteiger partial charge is 0.370 e. The zero-order chi connectivity index (χ0) is 20.1. The number of aromatic nitrogens is 3. The Bertz CT molecular complexity index is 951. The minimum atomic E-state index is 0.00487. The van der Waals surface area contributed by atoms with Crippen LogP contribution in [0.1, 0.15) is 24.3 Å². The molecule has 4 rings (SSSR count). The van der Waals surface area contributed by atoms with Gasteiger partial charge in [-0.1, -0.05) is 30.3 Å². The maximum Gasteiger partial charge on any atom is 0.194 e. The van der Waals surface area contributed by atoms with Gasteiger partial charge in [0.2, 0.25) is 0 Å². The number of thiazole rings is 1. The molecule has 1 aliphatic heterocycles. The Kier molecular flexibility index (Phi) is 6.21. The first-order chi connectivity index (χ1) is 14.2. The van der Waals surface area contributed by atoms with Gasteiger partial charge in [-0.2, -0.15) is 5.10 Å². The van der Waals surface area contributed by atoms with Crippen LogP contribution in [0.2, 0.25) is 0 Å². The van der Waals surface area contributed by atoms with Gasteiger partial charge in [0.1, 0.15) is 11.1 Å². The molecule has 0 bridgehead atoms. The fraction of sp³-hybridized carbons (Fsp3) is 0.381. The Morgan fingerprint density at radius 1 is 1.34 bits per heavy atom. The average Bonchev–Trinajstić information content (AvgIpc) is 3.41. The zero-order valence-corrected chi connectivity index (χ0v) is 17.6. The van der Waals surface area contributed by atoms with Crippen LogP contribution in [0.15, 0.2) is 53.1 Å². The van der Waals surface area contributed by atoms with Crippen LogP contribution < -0.4 is 5.32 Å². The maximum atomic E-state index is 5.96. The molecule has 2 aromatic heterocycles. The summed E-state index contributed by atoms with van der Waals surface area (Å²) in [4.78, 5) is 11.9. The van der Waals surface area contributed by atoms with E-state index in [2.05, 4.69) is 39.8 Å². The summed E-state index contributed by atoms with van der Waals surface area (Å²) in [6.45, 7) is 5.70. The number of nitrogens with one attached hydrogen (secondary N) is 1. The topological polar surface area (TPSA) is 67.6 Å². The van der Waals surface area contributed by atoms with Crippen LogP contribution in [0.5, 0.6) is 0 Å². The summed E-state index contributed by atoms with van der Waals surface area (Å²) in [5, 5.41) is 10.8. The summed E-state index contributed by atoms with van der Waals surface area (Å²) in [7, 11) is 1.92. The first kappa shape index (κ1) is 19.6. The lowest BCUT2D eigenvalue weighted by Gasteiger charge is -2.34. The van der Waals surface area contributed by atoms with E-state index in [4.69, 9.17) is 14.7 Å². The molecule has 29 heavy (non-hydrogen) atoms. The van der Waals surface area contributed by atoms with Gasteiger partial charge in [-0.05, 0) is 6.92 Å². The van der Waals surface area contributed by atoms with Gasteiger partial charge in [-0.3, -0.25) is 4.68 Å². The second kappa shape index (κ2) is 9.19. The second-order valence-electron chi connectivity index (χ2n) is 6.93. The van der Waals surface area contributed by atoms with E-state index in [0.29, 0.717) is 13.2 Å². The molecule has 1 aromatic carbocycles. The molecule has 1 fully saturated rings. The molecule has 1 atom stereocenters. The monoisotopic (exact) mass is 410 g/mol.